The minimum atomic E-state index is 0.507. The minimum absolute atomic E-state index is 0.507. The van der Waals surface area contributed by atoms with E-state index in [0.717, 1.165) is 0 Å². The van der Waals surface area contributed by atoms with E-state index in [2.05, 4.69) is 17.1 Å². The predicted octanol–water partition coefficient (Wildman–Crippen LogP) is 0.294. The van der Waals surface area contributed by atoms with Crippen LogP contribution in [0.2, 0.25) is 0 Å². The Hall–Kier alpha value is -1.12. The molecule has 0 heterocycles. The summed E-state index contributed by atoms with van der Waals surface area (Å²) in [5, 5.41) is 3.54. The Morgan fingerprint density at radius 3 is 2.88 bits per heavy atom. The molecule has 1 amide bonds. The highest BCUT2D eigenvalue weighted by molar-refractivity contribution is 5.92. The lowest BCUT2D eigenvalue weighted by Gasteiger charge is -1.85. The summed E-state index contributed by atoms with van der Waals surface area (Å²) in [5.41, 5.74) is 2.83. The van der Waals surface area contributed by atoms with Gasteiger partial charge in [-0.2, -0.15) is 5.10 Å². The van der Waals surface area contributed by atoms with Crippen molar-refractivity contribution in [1.29, 1.82) is 0 Å². The van der Waals surface area contributed by atoms with Crippen LogP contribution in [0.15, 0.2) is 17.8 Å². The number of amides is 1. The van der Waals surface area contributed by atoms with Crippen molar-refractivity contribution in [1.82, 2.24) is 5.43 Å². The van der Waals surface area contributed by atoms with Crippen LogP contribution < -0.4 is 5.43 Å². The SMILES string of the molecule is C=C/C(C)=N\NC=O. The van der Waals surface area contributed by atoms with Gasteiger partial charge in [-0.25, -0.2) is 5.43 Å². The molecule has 1 N–H and O–H groups in total. The number of carbonyl (C=O) groups excluding carboxylic acids is 1. The second-order valence-corrected chi connectivity index (χ2v) is 1.20. The number of hydrogen-bond donors (Lipinski definition) is 1. The number of allylic oxidation sites excluding steroid dienone is 1. The number of nitrogens with zero attached hydrogens (tertiary/aromatic N) is 1. The number of nitrogens with one attached hydrogen (secondary N) is 1. The third-order valence-corrected chi connectivity index (χ3v) is 0.589. The summed E-state index contributed by atoms with van der Waals surface area (Å²) in [6, 6.07) is 0. The summed E-state index contributed by atoms with van der Waals surface area (Å²) in [5.74, 6) is 0. The molecular formula is C5H8N2O. The second kappa shape index (κ2) is 4.05. The van der Waals surface area contributed by atoms with Crippen LogP contribution in [0, 0.1) is 0 Å². The second-order valence-electron chi connectivity index (χ2n) is 1.20. The lowest BCUT2D eigenvalue weighted by atomic mass is 10.4. The third-order valence-electron chi connectivity index (χ3n) is 0.589. The van der Waals surface area contributed by atoms with Crippen molar-refractivity contribution >= 4 is 12.1 Å². The Labute approximate surface area is 48.1 Å². The first-order valence-corrected chi connectivity index (χ1v) is 2.17. The molecule has 0 saturated carbocycles. The van der Waals surface area contributed by atoms with Crippen LogP contribution in [0.5, 0.6) is 0 Å². The highest BCUT2D eigenvalue weighted by atomic mass is 16.1. The molecule has 0 aliphatic rings. The Bertz CT molecular complexity index is 118. The molecule has 0 spiro atoms. The van der Waals surface area contributed by atoms with E-state index in [1.807, 2.05) is 0 Å². The molecule has 0 aliphatic carbocycles. The fraction of sp³-hybridized carbons (Fsp3) is 0.200. The standard InChI is InChI=1S/C5H8N2O/c1-3-5(2)7-6-4-8/h3-4H,1H2,2H3,(H,6,8)/b7-5-. The summed E-state index contributed by atoms with van der Waals surface area (Å²) in [7, 11) is 0. The number of carbonyl (C=O) groups is 1. The minimum Gasteiger partial charge on any atom is -0.277 e. The molecule has 0 saturated heterocycles. The van der Waals surface area contributed by atoms with E-state index in [0.29, 0.717) is 12.1 Å². The Morgan fingerprint density at radius 1 is 1.88 bits per heavy atom. The maximum Gasteiger partial charge on any atom is 0.227 e. The summed E-state index contributed by atoms with van der Waals surface area (Å²) < 4.78 is 0. The van der Waals surface area contributed by atoms with E-state index in [1.165, 1.54) is 0 Å². The van der Waals surface area contributed by atoms with E-state index < -0.39 is 0 Å². The molecule has 3 nitrogen and oxygen atoms in total. The molecule has 0 aromatic carbocycles. The van der Waals surface area contributed by atoms with Gasteiger partial charge < -0.3 is 0 Å². The zero-order chi connectivity index (χ0) is 6.41. The molecule has 0 atom stereocenters. The van der Waals surface area contributed by atoms with E-state index in [4.69, 9.17) is 0 Å². The fourth-order valence-electron chi connectivity index (χ4n) is 0.174. The molecule has 3 heteroatoms. The maximum atomic E-state index is 9.57. The van der Waals surface area contributed by atoms with Crippen LogP contribution >= 0.6 is 0 Å². The van der Waals surface area contributed by atoms with Gasteiger partial charge >= 0.3 is 0 Å². The van der Waals surface area contributed by atoms with Crippen LogP contribution in [-0.4, -0.2) is 12.1 Å². The van der Waals surface area contributed by atoms with Gasteiger partial charge in [0.05, 0.1) is 5.71 Å². The molecule has 0 aromatic rings. The average Bonchev–Trinajstić information content (AvgIpc) is 1.83. The quantitative estimate of drug-likeness (QED) is 0.318. The lowest BCUT2D eigenvalue weighted by Crippen LogP contribution is -2.02. The van der Waals surface area contributed by atoms with Crippen LogP contribution in [0.3, 0.4) is 0 Å². The molecule has 0 fully saturated rings. The highest BCUT2D eigenvalue weighted by Gasteiger charge is 1.75. The summed E-state index contributed by atoms with van der Waals surface area (Å²) in [6.45, 7) is 5.17. The monoisotopic (exact) mass is 112 g/mol. The largest absolute Gasteiger partial charge is 0.277 e. The molecular weight excluding hydrogens is 104 g/mol. The molecule has 8 heavy (non-hydrogen) atoms. The first-order chi connectivity index (χ1) is 3.81. The van der Waals surface area contributed by atoms with E-state index in [9.17, 15) is 4.79 Å². The summed E-state index contributed by atoms with van der Waals surface area (Å²) in [4.78, 5) is 9.57. The van der Waals surface area contributed by atoms with Crippen LogP contribution in [0.25, 0.3) is 0 Å². The molecule has 0 unspecified atom stereocenters. The van der Waals surface area contributed by atoms with Gasteiger partial charge in [-0.15, -0.1) is 0 Å². The van der Waals surface area contributed by atoms with Crippen molar-refractivity contribution in [2.75, 3.05) is 0 Å². The Kier molecular flexibility index (Phi) is 3.48. The molecule has 0 bridgehead atoms. The van der Waals surface area contributed by atoms with E-state index in [-0.39, 0.29) is 0 Å². The highest BCUT2D eigenvalue weighted by Crippen LogP contribution is 1.70. The summed E-state index contributed by atoms with van der Waals surface area (Å²) >= 11 is 0. The average molecular weight is 112 g/mol. The van der Waals surface area contributed by atoms with E-state index >= 15 is 0 Å². The van der Waals surface area contributed by atoms with E-state index in [1.54, 1.807) is 13.0 Å². The van der Waals surface area contributed by atoms with Crippen molar-refractivity contribution in [3.63, 3.8) is 0 Å². The fourth-order valence-corrected chi connectivity index (χ4v) is 0.174. The smallest absolute Gasteiger partial charge is 0.227 e. The Balaban J connectivity index is 3.56. The maximum absolute atomic E-state index is 9.57. The van der Waals surface area contributed by atoms with Crippen LogP contribution in [-0.2, 0) is 4.79 Å². The van der Waals surface area contributed by atoms with Gasteiger partial charge in [0.2, 0.25) is 6.41 Å². The van der Waals surface area contributed by atoms with Gasteiger partial charge in [-0.05, 0) is 13.0 Å². The number of hydrazone groups is 1. The van der Waals surface area contributed by atoms with Crippen molar-refractivity contribution in [3.8, 4) is 0 Å². The molecule has 0 rings (SSSR count). The van der Waals surface area contributed by atoms with Crippen molar-refractivity contribution < 1.29 is 4.79 Å². The van der Waals surface area contributed by atoms with Gasteiger partial charge in [0, 0.05) is 0 Å². The molecule has 0 aliphatic heterocycles. The molecule has 0 aromatic heterocycles. The zero-order valence-corrected chi connectivity index (χ0v) is 4.72. The zero-order valence-electron chi connectivity index (χ0n) is 4.72. The Morgan fingerprint density at radius 2 is 2.50 bits per heavy atom. The van der Waals surface area contributed by atoms with Crippen molar-refractivity contribution in [2.45, 2.75) is 6.92 Å². The first-order valence-electron chi connectivity index (χ1n) is 2.17. The van der Waals surface area contributed by atoms with Crippen molar-refractivity contribution in [2.24, 2.45) is 5.10 Å². The molecule has 44 valence electrons. The van der Waals surface area contributed by atoms with Gasteiger partial charge in [0.15, 0.2) is 0 Å². The first kappa shape index (κ1) is 6.88. The normalized spacial score (nSPS) is 10.4. The van der Waals surface area contributed by atoms with Gasteiger partial charge in [-0.1, -0.05) is 6.58 Å². The van der Waals surface area contributed by atoms with Crippen molar-refractivity contribution in [3.05, 3.63) is 12.7 Å². The van der Waals surface area contributed by atoms with Gasteiger partial charge in [-0.3, -0.25) is 4.79 Å². The molecule has 0 radical (unpaired) electrons. The number of hydrogen-bond acceptors (Lipinski definition) is 2. The van der Waals surface area contributed by atoms with Crippen LogP contribution in [0.1, 0.15) is 6.92 Å². The summed E-state index contributed by atoms with van der Waals surface area (Å²) in [6.07, 6.45) is 2.06. The lowest BCUT2D eigenvalue weighted by molar-refractivity contribution is -0.109. The van der Waals surface area contributed by atoms with Crippen LogP contribution in [0.4, 0.5) is 0 Å². The number of rotatable bonds is 3. The third kappa shape index (κ3) is 3.08. The van der Waals surface area contributed by atoms with Gasteiger partial charge in [0.25, 0.3) is 0 Å². The predicted molar refractivity (Wildman–Crippen MR) is 32.5 cm³/mol. The topological polar surface area (TPSA) is 41.5 Å². The van der Waals surface area contributed by atoms with Gasteiger partial charge in [0.1, 0.15) is 0 Å².